The van der Waals surface area contributed by atoms with Crippen LogP contribution in [0.4, 0.5) is 0 Å². The molecule has 64 valence electrons. The Labute approximate surface area is 80.7 Å². The minimum absolute atomic E-state index is 0.0342. The SMILES string of the molecule is CC(C)=CC(=O)c1ccc(Cl)s1. The van der Waals surface area contributed by atoms with E-state index in [1.807, 2.05) is 13.8 Å². The fourth-order valence-electron chi connectivity index (χ4n) is 0.780. The standard InChI is InChI=1S/C9H9ClOS/c1-6(2)5-7(11)8-3-4-9(10)12-8/h3-5H,1-2H3. The molecule has 0 saturated carbocycles. The van der Waals surface area contributed by atoms with Gasteiger partial charge in [0.15, 0.2) is 5.78 Å². The van der Waals surface area contributed by atoms with Gasteiger partial charge in [0.1, 0.15) is 0 Å². The van der Waals surface area contributed by atoms with Crippen LogP contribution in [0.15, 0.2) is 23.8 Å². The van der Waals surface area contributed by atoms with E-state index >= 15 is 0 Å². The van der Waals surface area contributed by atoms with E-state index in [2.05, 4.69) is 0 Å². The molecule has 0 unspecified atom stereocenters. The predicted molar refractivity (Wildman–Crippen MR) is 53.1 cm³/mol. The van der Waals surface area contributed by atoms with Crippen LogP contribution in [0, 0.1) is 0 Å². The van der Waals surface area contributed by atoms with Crippen molar-refractivity contribution in [3.8, 4) is 0 Å². The molecule has 0 N–H and O–H groups in total. The molecular formula is C9H9ClOS. The van der Waals surface area contributed by atoms with Crippen molar-refractivity contribution in [1.29, 1.82) is 0 Å². The van der Waals surface area contributed by atoms with Gasteiger partial charge in [-0.2, -0.15) is 0 Å². The molecule has 0 aliphatic rings. The number of carbonyl (C=O) groups is 1. The Hall–Kier alpha value is -0.600. The van der Waals surface area contributed by atoms with E-state index in [4.69, 9.17) is 11.6 Å². The van der Waals surface area contributed by atoms with E-state index in [1.54, 1.807) is 18.2 Å². The molecular weight excluding hydrogens is 192 g/mol. The van der Waals surface area contributed by atoms with Crippen LogP contribution in [-0.4, -0.2) is 5.78 Å². The first kappa shape index (κ1) is 9.49. The lowest BCUT2D eigenvalue weighted by atomic mass is 10.2. The Morgan fingerprint density at radius 3 is 2.58 bits per heavy atom. The summed E-state index contributed by atoms with van der Waals surface area (Å²) in [5.41, 5.74) is 1.00. The molecule has 0 radical (unpaired) electrons. The molecule has 3 heteroatoms. The summed E-state index contributed by atoms with van der Waals surface area (Å²) in [5.74, 6) is 0.0342. The number of ketones is 1. The molecule has 0 amide bonds. The third kappa shape index (κ3) is 2.47. The number of carbonyl (C=O) groups excluding carboxylic acids is 1. The molecule has 0 atom stereocenters. The Morgan fingerprint density at radius 1 is 1.50 bits per heavy atom. The van der Waals surface area contributed by atoms with Gasteiger partial charge in [-0.15, -0.1) is 11.3 Å². The monoisotopic (exact) mass is 200 g/mol. The van der Waals surface area contributed by atoms with Gasteiger partial charge in [-0.25, -0.2) is 0 Å². The molecule has 0 fully saturated rings. The Balaban J connectivity index is 2.86. The first-order valence-corrected chi connectivity index (χ1v) is 4.73. The number of halogens is 1. The topological polar surface area (TPSA) is 17.1 Å². The summed E-state index contributed by atoms with van der Waals surface area (Å²) in [5, 5.41) is 0. The summed E-state index contributed by atoms with van der Waals surface area (Å²) in [7, 11) is 0. The quantitative estimate of drug-likeness (QED) is 0.527. The fourth-order valence-corrected chi connectivity index (χ4v) is 1.73. The van der Waals surface area contributed by atoms with Gasteiger partial charge in [0, 0.05) is 0 Å². The van der Waals surface area contributed by atoms with Crippen LogP contribution in [0.25, 0.3) is 0 Å². The van der Waals surface area contributed by atoms with Gasteiger partial charge < -0.3 is 0 Å². The molecule has 1 aromatic rings. The number of rotatable bonds is 2. The lowest BCUT2D eigenvalue weighted by Crippen LogP contribution is -1.89. The van der Waals surface area contributed by atoms with Gasteiger partial charge in [-0.1, -0.05) is 17.2 Å². The molecule has 0 spiro atoms. The summed E-state index contributed by atoms with van der Waals surface area (Å²) in [4.78, 5) is 12.0. The molecule has 0 aliphatic heterocycles. The van der Waals surface area contributed by atoms with Crippen molar-refractivity contribution in [3.05, 3.63) is 33.0 Å². The molecule has 1 aromatic heterocycles. The summed E-state index contributed by atoms with van der Waals surface area (Å²) in [6.45, 7) is 3.79. The zero-order valence-corrected chi connectivity index (χ0v) is 8.50. The van der Waals surface area contributed by atoms with Crippen LogP contribution in [-0.2, 0) is 0 Å². The molecule has 1 nitrogen and oxygen atoms in total. The molecule has 1 rings (SSSR count). The van der Waals surface area contributed by atoms with E-state index in [9.17, 15) is 4.79 Å². The van der Waals surface area contributed by atoms with Crippen molar-refractivity contribution in [2.24, 2.45) is 0 Å². The van der Waals surface area contributed by atoms with Gasteiger partial charge in [0.2, 0.25) is 0 Å². The van der Waals surface area contributed by atoms with E-state index in [-0.39, 0.29) is 5.78 Å². The maximum absolute atomic E-state index is 11.3. The molecule has 0 aromatic carbocycles. The highest BCUT2D eigenvalue weighted by atomic mass is 35.5. The minimum atomic E-state index is 0.0342. The van der Waals surface area contributed by atoms with Crippen LogP contribution in [0.1, 0.15) is 23.5 Å². The predicted octanol–water partition coefficient (Wildman–Crippen LogP) is 3.55. The Kier molecular flexibility index (Phi) is 3.06. The second-order valence-corrected chi connectivity index (χ2v) is 4.40. The smallest absolute Gasteiger partial charge is 0.195 e. The summed E-state index contributed by atoms with van der Waals surface area (Å²) >= 11 is 7.00. The van der Waals surface area contributed by atoms with Crippen molar-refractivity contribution >= 4 is 28.7 Å². The number of allylic oxidation sites excluding steroid dienone is 2. The first-order chi connectivity index (χ1) is 5.59. The van der Waals surface area contributed by atoms with Crippen molar-refractivity contribution < 1.29 is 4.79 Å². The van der Waals surface area contributed by atoms with Gasteiger partial charge in [0.05, 0.1) is 9.21 Å². The Bertz CT molecular complexity index is 321. The molecule has 12 heavy (non-hydrogen) atoms. The molecule has 0 aliphatic carbocycles. The molecule has 1 heterocycles. The highest BCUT2D eigenvalue weighted by molar-refractivity contribution is 7.18. The number of hydrogen-bond acceptors (Lipinski definition) is 2. The minimum Gasteiger partial charge on any atom is -0.288 e. The van der Waals surface area contributed by atoms with Crippen LogP contribution >= 0.6 is 22.9 Å². The van der Waals surface area contributed by atoms with Crippen LogP contribution in [0.5, 0.6) is 0 Å². The van der Waals surface area contributed by atoms with E-state index in [1.165, 1.54) is 11.3 Å². The maximum Gasteiger partial charge on any atom is 0.195 e. The highest BCUT2D eigenvalue weighted by Gasteiger charge is 2.04. The normalized spacial score (nSPS) is 9.58. The largest absolute Gasteiger partial charge is 0.288 e. The summed E-state index contributed by atoms with van der Waals surface area (Å²) < 4.78 is 0.653. The van der Waals surface area contributed by atoms with E-state index in [0.717, 1.165) is 5.57 Å². The maximum atomic E-state index is 11.3. The third-order valence-corrected chi connectivity index (χ3v) is 2.48. The average molecular weight is 201 g/mol. The van der Waals surface area contributed by atoms with Gasteiger partial charge in [-0.05, 0) is 32.1 Å². The van der Waals surface area contributed by atoms with Crippen molar-refractivity contribution in [1.82, 2.24) is 0 Å². The molecule has 0 saturated heterocycles. The van der Waals surface area contributed by atoms with Crippen molar-refractivity contribution in [3.63, 3.8) is 0 Å². The lowest BCUT2D eigenvalue weighted by molar-refractivity contribution is 0.105. The summed E-state index contributed by atoms with van der Waals surface area (Å²) in [6.07, 6.45) is 1.61. The van der Waals surface area contributed by atoms with Crippen LogP contribution < -0.4 is 0 Å². The Morgan fingerprint density at radius 2 is 2.17 bits per heavy atom. The van der Waals surface area contributed by atoms with Gasteiger partial charge >= 0.3 is 0 Å². The highest BCUT2D eigenvalue weighted by Crippen LogP contribution is 2.22. The van der Waals surface area contributed by atoms with Crippen LogP contribution in [0.3, 0.4) is 0 Å². The lowest BCUT2D eigenvalue weighted by Gasteiger charge is -1.88. The third-order valence-electron chi connectivity index (χ3n) is 1.24. The fraction of sp³-hybridized carbons (Fsp3) is 0.222. The van der Waals surface area contributed by atoms with Gasteiger partial charge in [-0.3, -0.25) is 4.79 Å². The van der Waals surface area contributed by atoms with E-state index < -0.39 is 0 Å². The number of hydrogen-bond donors (Lipinski definition) is 0. The first-order valence-electron chi connectivity index (χ1n) is 3.54. The zero-order chi connectivity index (χ0) is 9.14. The van der Waals surface area contributed by atoms with Gasteiger partial charge in [0.25, 0.3) is 0 Å². The second kappa shape index (κ2) is 3.87. The number of thiophene rings is 1. The second-order valence-electron chi connectivity index (χ2n) is 2.69. The average Bonchev–Trinajstić information content (AvgIpc) is 2.34. The molecule has 0 bridgehead atoms. The van der Waals surface area contributed by atoms with Crippen molar-refractivity contribution in [2.75, 3.05) is 0 Å². The van der Waals surface area contributed by atoms with E-state index in [0.29, 0.717) is 9.21 Å². The van der Waals surface area contributed by atoms with Crippen LogP contribution in [0.2, 0.25) is 4.34 Å². The van der Waals surface area contributed by atoms with Crippen molar-refractivity contribution in [2.45, 2.75) is 13.8 Å². The summed E-state index contributed by atoms with van der Waals surface area (Å²) in [6, 6.07) is 3.48. The zero-order valence-electron chi connectivity index (χ0n) is 6.93.